The van der Waals surface area contributed by atoms with Crippen molar-refractivity contribution in [3.8, 4) is 6.07 Å². The number of rotatable bonds is 5. The lowest BCUT2D eigenvalue weighted by atomic mass is 10.2. The van der Waals surface area contributed by atoms with Crippen molar-refractivity contribution < 1.29 is 9.13 Å². The van der Waals surface area contributed by atoms with Gasteiger partial charge in [-0.1, -0.05) is 6.07 Å². The monoisotopic (exact) mass is 315 g/mol. The van der Waals surface area contributed by atoms with E-state index in [1.54, 1.807) is 18.3 Å². The molecule has 0 unspecified atom stereocenters. The molecule has 1 aliphatic heterocycles. The summed E-state index contributed by atoms with van der Waals surface area (Å²) < 4.78 is 20.7. The maximum absolute atomic E-state index is 13.6. The van der Waals surface area contributed by atoms with Crippen LogP contribution in [0.2, 0.25) is 0 Å². The Bertz CT molecular complexity index is 703. The number of nitrogens with one attached hydrogen (secondary N) is 1. The van der Waals surface area contributed by atoms with Crippen LogP contribution in [0.3, 0.4) is 0 Å². The fourth-order valence-electron chi connectivity index (χ4n) is 2.52. The first-order valence-electron chi connectivity index (χ1n) is 7.54. The van der Waals surface area contributed by atoms with Crippen LogP contribution in [0.15, 0.2) is 30.6 Å². The van der Waals surface area contributed by atoms with Crippen LogP contribution in [0.1, 0.15) is 5.56 Å². The van der Waals surface area contributed by atoms with Crippen molar-refractivity contribution in [3.05, 3.63) is 42.0 Å². The molecule has 0 saturated carbocycles. The van der Waals surface area contributed by atoms with Gasteiger partial charge in [0.15, 0.2) is 0 Å². The van der Waals surface area contributed by atoms with Gasteiger partial charge in [-0.15, -0.1) is 0 Å². The minimum atomic E-state index is -0.530. The van der Waals surface area contributed by atoms with E-state index < -0.39 is 5.82 Å². The van der Waals surface area contributed by atoms with E-state index in [-0.39, 0.29) is 5.56 Å². The van der Waals surface area contributed by atoms with E-state index >= 15 is 0 Å². The van der Waals surface area contributed by atoms with Crippen LogP contribution in [0.5, 0.6) is 0 Å². The van der Waals surface area contributed by atoms with E-state index in [9.17, 15) is 4.39 Å². The molecule has 6 nitrogen and oxygen atoms in total. The largest absolute Gasteiger partial charge is 0.379 e. The molecule has 23 heavy (non-hydrogen) atoms. The molecular formula is C16H18FN5O. The smallest absolute Gasteiger partial charge is 0.143 e. The van der Waals surface area contributed by atoms with Crippen molar-refractivity contribution in [2.45, 2.75) is 6.54 Å². The van der Waals surface area contributed by atoms with Gasteiger partial charge in [0.05, 0.1) is 37.3 Å². The Morgan fingerprint density at radius 1 is 1.30 bits per heavy atom. The molecule has 1 fully saturated rings. The lowest BCUT2D eigenvalue weighted by Crippen LogP contribution is -2.38. The van der Waals surface area contributed by atoms with Crippen molar-refractivity contribution in [2.75, 3.05) is 38.2 Å². The van der Waals surface area contributed by atoms with Crippen LogP contribution in [0.25, 0.3) is 0 Å². The van der Waals surface area contributed by atoms with E-state index in [4.69, 9.17) is 10.00 Å². The molecule has 0 bridgehead atoms. The van der Waals surface area contributed by atoms with Gasteiger partial charge in [-0.05, 0) is 12.1 Å². The number of benzene rings is 1. The Kier molecular flexibility index (Phi) is 4.86. The molecular weight excluding hydrogens is 297 g/mol. The highest BCUT2D eigenvalue weighted by molar-refractivity contribution is 5.65. The van der Waals surface area contributed by atoms with Crippen molar-refractivity contribution in [1.82, 2.24) is 14.7 Å². The summed E-state index contributed by atoms with van der Waals surface area (Å²) in [6, 6.07) is 6.39. The highest BCUT2D eigenvalue weighted by Crippen LogP contribution is 2.22. The number of ether oxygens (including phenoxy) is 1. The number of hydrogen-bond acceptors (Lipinski definition) is 5. The normalized spacial score (nSPS) is 15.3. The highest BCUT2D eigenvalue weighted by atomic mass is 19.1. The molecule has 1 saturated heterocycles. The van der Waals surface area contributed by atoms with Gasteiger partial charge in [0.2, 0.25) is 0 Å². The fourth-order valence-corrected chi connectivity index (χ4v) is 2.52. The third-order valence-corrected chi connectivity index (χ3v) is 3.79. The number of morpholine rings is 1. The van der Waals surface area contributed by atoms with Crippen LogP contribution >= 0.6 is 0 Å². The topological polar surface area (TPSA) is 66.1 Å². The minimum absolute atomic E-state index is 0.00793. The van der Waals surface area contributed by atoms with Gasteiger partial charge >= 0.3 is 0 Å². The van der Waals surface area contributed by atoms with Crippen LogP contribution in [0, 0.1) is 17.1 Å². The molecule has 7 heteroatoms. The summed E-state index contributed by atoms with van der Waals surface area (Å²) in [5.74, 6) is -0.530. The van der Waals surface area contributed by atoms with Gasteiger partial charge in [-0.3, -0.25) is 9.58 Å². The number of halogens is 1. The van der Waals surface area contributed by atoms with E-state index in [1.165, 1.54) is 6.07 Å². The standard InChI is InChI=1S/C16H18FN5O/c17-15-2-1-3-16(14(15)10-18)20-13-11-19-22(12-13)5-4-21-6-8-23-9-7-21/h1-3,11-12,20H,4-9H2. The zero-order valence-corrected chi connectivity index (χ0v) is 12.7. The van der Waals surface area contributed by atoms with Gasteiger partial charge in [0, 0.05) is 25.8 Å². The molecule has 0 atom stereocenters. The van der Waals surface area contributed by atoms with Crippen molar-refractivity contribution in [3.63, 3.8) is 0 Å². The molecule has 0 amide bonds. The molecule has 3 rings (SSSR count). The summed E-state index contributed by atoms with van der Waals surface area (Å²) >= 11 is 0. The first-order valence-corrected chi connectivity index (χ1v) is 7.54. The van der Waals surface area contributed by atoms with Gasteiger partial charge in [0.25, 0.3) is 0 Å². The van der Waals surface area contributed by atoms with E-state index in [2.05, 4.69) is 15.3 Å². The zero-order valence-electron chi connectivity index (χ0n) is 12.7. The summed E-state index contributed by atoms with van der Waals surface area (Å²) in [5, 5.41) is 16.4. The van der Waals surface area contributed by atoms with Gasteiger partial charge in [-0.25, -0.2) is 4.39 Å². The van der Waals surface area contributed by atoms with Gasteiger partial charge in [0.1, 0.15) is 17.4 Å². The molecule has 1 N–H and O–H groups in total. The number of aromatic nitrogens is 2. The third-order valence-electron chi connectivity index (χ3n) is 3.79. The Hall–Kier alpha value is -2.43. The summed E-state index contributed by atoms with van der Waals surface area (Å²) in [7, 11) is 0. The Labute approximate surface area is 134 Å². The fraction of sp³-hybridized carbons (Fsp3) is 0.375. The summed E-state index contributed by atoms with van der Waals surface area (Å²) in [6.07, 6.45) is 3.53. The number of nitrogens with zero attached hydrogens (tertiary/aromatic N) is 4. The van der Waals surface area contributed by atoms with Crippen LogP contribution in [-0.4, -0.2) is 47.5 Å². The first-order chi connectivity index (χ1) is 11.3. The molecule has 1 aliphatic rings. The molecule has 120 valence electrons. The van der Waals surface area contributed by atoms with Crippen molar-refractivity contribution in [2.24, 2.45) is 0 Å². The minimum Gasteiger partial charge on any atom is -0.379 e. The van der Waals surface area contributed by atoms with Gasteiger partial charge < -0.3 is 10.1 Å². The average molecular weight is 315 g/mol. The summed E-state index contributed by atoms with van der Waals surface area (Å²) in [5.41, 5.74) is 1.18. The predicted molar refractivity (Wildman–Crippen MR) is 83.9 cm³/mol. The van der Waals surface area contributed by atoms with Gasteiger partial charge in [-0.2, -0.15) is 10.4 Å². The number of nitriles is 1. The Balaban J connectivity index is 1.61. The lowest BCUT2D eigenvalue weighted by molar-refractivity contribution is 0.0360. The third kappa shape index (κ3) is 3.86. The van der Waals surface area contributed by atoms with Crippen LogP contribution in [-0.2, 0) is 11.3 Å². The SMILES string of the molecule is N#Cc1c(F)cccc1Nc1cnn(CCN2CCOCC2)c1. The maximum atomic E-state index is 13.6. The number of anilines is 2. The van der Waals surface area contributed by atoms with E-state index in [0.717, 1.165) is 45.1 Å². The lowest BCUT2D eigenvalue weighted by Gasteiger charge is -2.26. The quantitative estimate of drug-likeness (QED) is 0.914. The first kappa shape index (κ1) is 15.5. The molecule has 2 heterocycles. The predicted octanol–water partition coefficient (Wildman–Crippen LogP) is 1.97. The van der Waals surface area contributed by atoms with E-state index in [1.807, 2.05) is 16.9 Å². The second-order valence-electron chi connectivity index (χ2n) is 5.35. The van der Waals surface area contributed by atoms with Crippen LogP contribution in [0.4, 0.5) is 15.8 Å². The Morgan fingerprint density at radius 2 is 2.13 bits per heavy atom. The molecule has 1 aromatic heterocycles. The highest BCUT2D eigenvalue weighted by Gasteiger charge is 2.11. The van der Waals surface area contributed by atoms with Crippen molar-refractivity contribution in [1.29, 1.82) is 5.26 Å². The molecule has 0 spiro atoms. The van der Waals surface area contributed by atoms with E-state index in [0.29, 0.717) is 5.69 Å². The summed E-state index contributed by atoms with van der Waals surface area (Å²) in [4.78, 5) is 2.33. The second-order valence-corrected chi connectivity index (χ2v) is 5.35. The molecule has 2 aromatic rings. The summed E-state index contributed by atoms with van der Waals surface area (Å²) in [6.45, 7) is 5.14. The maximum Gasteiger partial charge on any atom is 0.143 e. The molecule has 0 radical (unpaired) electrons. The van der Waals surface area contributed by atoms with Crippen molar-refractivity contribution >= 4 is 11.4 Å². The molecule has 0 aliphatic carbocycles. The number of hydrogen-bond donors (Lipinski definition) is 1. The Morgan fingerprint density at radius 3 is 2.91 bits per heavy atom. The zero-order chi connectivity index (χ0) is 16.1. The molecule has 1 aromatic carbocycles. The average Bonchev–Trinajstić information content (AvgIpc) is 3.02. The second kappa shape index (κ2) is 7.22. The van der Waals surface area contributed by atoms with Crippen LogP contribution < -0.4 is 5.32 Å².